The topological polar surface area (TPSA) is 139 Å². The summed E-state index contributed by atoms with van der Waals surface area (Å²) in [6, 6.07) is 12.7. The zero-order chi connectivity index (χ0) is 25.0. The first-order chi connectivity index (χ1) is 17.7. The van der Waals surface area contributed by atoms with Crippen molar-refractivity contribution < 1.29 is 13.9 Å². The number of nitrogens with one attached hydrogen (secondary N) is 4. The van der Waals surface area contributed by atoms with Crippen LogP contribution < -0.4 is 21.5 Å². The van der Waals surface area contributed by atoms with Gasteiger partial charge in [-0.3, -0.25) is 15.6 Å². The fourth-order valence-electron chi connectivity index (χ4n) is 2.99. The van der Waals surface area contributed by atoms with Crippen molar-refractivity contribution in [3.63, 3.8) is 0 Å². The average molecular weight is 490 g/mol. The molecule has 1 aliphatic heterocycles. The van der Waals surface area contributed by atoms with Gasteiger partial charge in [-0.15, -0.1) is 0 Å². The van der Waals surface area contributed by atoms with Gasteiger partial charge < -0.3 is 15.4 Å². The lowest BCUT2D eigenvalue weighted by Crippen LogP contribution is -2.30. The third-order valence-corrected chi connectivity index (χ3v) is 4.75. The molecule has 4 aromatic rings. The van der Waals surface area contributed by atoms with E-state index in [1.165, 1.54) is 6.20 Å². The fourth-order valence-corrected chi connectivity index (χ4v) is 2.99. The lowest BCUT2D eigenvalue weighted by Gasteiger charge is -2.10. The number of hydrazine groups is 1. The fraction of sp³-hybridized carbons (Fsp3) is 0.167. The highest BCUT2D eigenvalue weighted by Crippen LogP contribution is 2.20. The molecule has 1 aliphatic rings. The molecule has 0 atom stereocenters. The van der Waals surface area contributed by atoms with Gasteiger partial charge >= 0.3 is 0 Å². The highest BCUT2D eigenvalue weighted by Gasteiger charge is 2.08. The molecule has 0 bridgehead atoms. The normalized spacial score (nSPS) is 12.6. The Balaban J connectivity index is 0.000000445. The number of aromatic nitrogens is 5. The van der Waals surface area contributed by atoms with Crippen molar-refractivity contribution >= 4 is 23.2 Å². The predicted octanol–water partition coefficient (Wildman–Crippen LogP) is 2.57. The van der Waals surface area contributed by atoms with Crippen LogP contribution in [0.15, 0.2) is 73.4 Å². The van der Waals surface area contributed by atoms with E-state index in [1.807, 2.05) is 24.3 Å². The van der Waals surface area contributed by atoms with Crippen molar-refractivity contribution in [1.82, 2.24) is 35.7 Å². The second kappa shape index (κ2) is 12.8. The zero-order valence-corrected chi connectivity index (χ0v) is 19.2. The Morgan fingerprint density at radius 2 is 1.56 bits per heavy atom. The highest BCUT2D eigenvalue weighted by atomic mass is 19.1. The van der Waals surface area contributed by atoms with Crippen LogP contribution in [0.1, 0.15) is 10.5 Å². The van der Waals surface area contributed by atoms with Crippen molar-refractivity contribution in [2.75, 3.05) is 37.0 Å². The maximum absolute atomic E-state index is 12.8. The summed E-state index contributed by atoms with van der Waals surface area (Å²) in [5.41, 5.74) is 7.54. The molecule has 1 aromatic carbocycles. The van der Waals surface area contributed by atoms with Gasteiger partial charge in [0.2, 0.25) is 5.95 Å². The molecule has 1 amide bonds. The van der Waals surface area contributed by atoms with Crippen LogP contribution in [0.5, 0.6) is 0 Å². The van der Waals surface area contributed by atoms with Gasteiger partial charge in [0.05, 0.1) is 37.5 Å². The van der Waals surface area contributed by atoms with Gasteiger partial charge in [-0.1, -0.05) is 0 Å². The van der Waals surface area contributed by atoms with E-state index in [0.29, 0.717) is 11.5 Å². The molecule has 3 aromatic heterocycles. The molecule has 0 unspecified atom stereocenters. The summed E-state index contributed by atoms with van der Waals surface area (Å²) in [5, 5.41) is 6.37. The minimum absolute atomic E-state index is 0.0624. The molecule has 12 heteroatoms. The third kappa shape index (κ3) is 7.48. The number of hydrogen-bond acceptors (Lipinski definition) is 10. The van der Waals surface area contributed by atoms with Crippen molar-refractivity contribution in [3.05, 3.63) is 85.0 Å². The van der Waals surface area contributed by atoms with Gasteiger partial charge in [0.25, 0.3) is 5.91 Å². The van der Waals surface area contributed by atoms with Crippen LogP contribution in [0.25, 0.3) is 11.4 Å². The van der Waals surface area contributed by atoms with Crippen LogP contribution >= 0.6 is 0 Å². The number of ether oxygens (including phenoxy) is 1. The van der Waals surface area contributed by atoms with Crippen LogP contribution in [0.4, 0.5) is 21.7 Å². The summed E-state index contributed by atoms with van der Waals surface area (Å²) in [6.07, 6.45) is 6.90. The van der Waals surface area contributed by atoms with Crippen molar-refractivity contribution in [3.8, 4) is 11.4 Å². The van der Waals surface area contributed by atoms with Crippen molar-refractivity contribution in [2.24, 2.45) is 0 Å². The molecular weight excluding hydrogens is 465 g/mol. The van der Waals surface area contributed by atoms with Gasteiger partial charge in [-0.05, 0) is 42.5 Å². The molecule has 4 N–H and O–H groups in total. The van der Waals surface area contributed by atoms with Crippen LogP contribution in [0.2, 0.25) is 0 Å². The van der Waals surface area contributed by atoms with Gasteiger partial charge in [-0.2, -0.15) is 0 Å². The number of amides is 1. The van der Waals surface area contributed by atoms with Gasteiger partial charge in [-0.25, -0.2) is 29.3 Å². The molecule has 1 fully saturated rings. The summed E-state index contributed by atoms with van der Waals surface area (Å²) in [7, 11) is 0. The highest BCUT2D eigenvalue weighted by molar-refractivity contribution is 5.93. The molecule has 5 rings (SSSR count). The maximum atomic E-state index is 12.8. The number of benzene rings is 1. The molecule has 11 nitrogen and oxygen atoms in total. The summed E-state index contributed by atoms with van der Waals surface area (Å²) in [4.78, 5) is 32.1. The number of nitrogens with zero attached hydrogens (tertiary/aromatic N) is 5. The molecule has 0 radical (unpaired) electrons. The first kappa shape index (κ1) is 24.6. The average Bonchev–Trinajstić information content (AvgIpc) is 2.95. The van der Waals surface area contributed by atoms with Crippen LogP contribution in [0, 0.1) is 5.82 Å². The Morgan fingerprint density at radius 3 is 2.14 bits per heavy atom. The van der Waals surface area contributed by atoms with E-state index in [0.717, 1.165) is 49.9 Å². The number of morpholine rings is 1. The van der Waals surface area contributed by atoms with Crippen LogP contribution in [-0.2, 0) is 4.74 Å². The van der Waals surface area contributed by atoms with Crippen molar-refractivity contribution in [2.45, 2.75) is 0 Å². The van der Waals surface area contributed by atoms with E-state index < -0.39 is 11.7 Å². The molecule has 1 saturated heterocycles. The van der Waals surface area contributed by atoms with Crippen LogP contribution in [-0.4, -0.2) is 57.1 Å². The third-order valence-electron chi connectivity index (χ3n) is 4.75. The summed E-state index contributed by atoms with van der Waals surface area (Å²) >= 11 is 0. The minimum atomic E-state index is -0.570. The molecule has 36 heavy (non-hydrogen) atoms. The predicted molar refractivity (Wildman–Crippen MR) is 132 cm³/mol. The molecule has 0 saturated carbocycles. The van der Waals surface area contributed by atoms with Crippen LogP contribution in [0.3, 0.4) is 0 Å². The smallest absolute Gasteiger partial charge is 0.288 e. The Bertz CT molecular complexity index is 1210. The lowest BCUT2D eigenvalue weighted by molar-refractivity contribution is 0.0957. The monoisotopic (exact) mass is 489 g/mol. The number of hydrogen-bond donors (Lipinski definition) is 4. The number of halogens is 1. The number of rotatable bonds is 6. The molecule has 0 spiro atoms. The minimum Gasteiger partial charge on any atom is -0.379 e. The standard InChI is InChI=1S/C20H15FN8O.C4H9NO/c21-14-10-25-20(26-11-14)29-28-19(30)17-7-6-16(12-24-17)27-15-4-2-13(3-5-15)18-22-8-1-9-23-18;1-3-6-4-2-5-1/h1-12,27H,(H,28,30)(H,25,26,29);5H,1-4H2. The summed E-state index contributed by atoms with van der Waals surface area (Å²) < 4.78 is 17.8. The quantitative estimate of drug-likeness (QED) is 0.299. The molecule has 184 valence electrons. The number of pyridine rings is 1. The molecule has 0 aliphatic carbocycles. The second-order valence-electron chi connectivity index (χ2n) is 7.37. The first-order valence-corrected chi connectivity index (χ1v) is 11.1. The largest absolute Gasteiger partial charge is 0.379 e. The second-order valence-corrected chi connectivity index (χ2v) is 7.37. The number of carbonyl (C=O) groups excluding carboxylic acids is 1. The SMILES string of the molecule is C1COCCN1.O=C(NNc1ncc(F)cn1)c1ccc(Nc2ccc(-c3ncccn3)cc2)cn1. The zero-order valence-electron chi connectivity index (χ0n) is 19.2. The Hall–Kier alpha value is -4.55. The summed E-state index contributed by atoms with van der Waals surface area (Å²) in [5.74, 6) is -0.338. The van der Waals surface area contributed by atoms with E-state index in [1.54, 1.807) is 30.6 Å². The van der Waals surface area contributed by atoms with E-state index in [4.69, 9.17) is 4.74 Å². The van der Waals surface area contributed by atoms with E-state index in [2.05, 4.69) is 46.4 Å². The van der Waals surface area contributed by atoms with E-state index in [9.17, 15) is 9.18 Å². The molecule has 4 heterocycles. The lowest BCUT2D eigenvalue weighted by atomic mass is 10.2. The van der Waals surface area contributed by atoms with Gasteiger partial charge in [0.1, 0.15) is 5.69 Å². The summed E-state index contributed by atoms with van der Waals surface area (Å²) in [6.45, 7) is 3.83. The van der Waals surface area contributed by atoms with E-state index in [-0.39, 0.29) is 11.6 Å². The van der Waals surface area contributed by atoms with Gasteiger partial charge in [0, 0.05) is 36.7 Å². The molecular formula is C24H24FN9O2. The maximum Gasteiger partial charge on any atom is 0.288 e. The Morgan fingerprint density at radius 1 is 0.861 bits per heavy atom. The van der Waals surface area contributed by atoms with Gasteiger partial charge in [0.15, 0.2) is 11.6 Å². The number of anilines is 3. The Labute approximate surface area is 206 Å². The van der Waals surface area contributed by atoms with Crippen molar-refractivity contribution in [1.29, 1.82) is 0 Å². The van der Waals surface area contributed by atoms with E-state index >= 15 is 0 Å². The number of carbonyl (C=O) groups is 1. The first-order valence-electron chi connectivity index (χ1n) is 11.1. The Kier molecular flexibility index (Phi) is 8.73.